The van der Waals surface area contributed by atoms with Crippen LogP contribution >= 0.6 is 0 Å². The molecule has 6 nitrogen and oxygen atoms in total. The van der Waals surface area contributed by atoms with Gasteiger partial charge in [-0.15, -0.1) is 0 Å². The molecule has 0 saturated carbocycles. The zero-order valence-electron chi connectivity index (χ0n) is 13.9. The Kier molecular flexibility index (Phi) is 5.73. The number of aromatic nitrogens is 2. The smallest absolute Gasteiger partial charge is 0.307 e. The molecule has 0 N–H and O–H groups in total. The average molecular weight is 317 g/mol. The van der Waals surface area contributed by atoms with E-state index in [2.05, 4.69) is 4.98 Å². The Hall–Kier alpha value is -2.37. The molecule has 0 spiro atoms. The summed E-state index contributed by atoms with van der Waals surface area (Å²) in [4.78, 5) is 30.3. The molecule has 0 radical (unpaired) electrons. The summed E-state index contributed by atoms with van der Waals surface area (Å²) in [6.07, 6.45) is 2.77. The highest BCUT2D eigenvalue weighted by atomic mass is 16.5. The van der Waals surface area contributed by atoms with Gasteiger partial charge in [-0.2, -0.15) is 0 Å². The molecule has 23 heavy (non-hydrogen) atoms. The Morgan fingerprint density at radius 3 is 2.70 bits per heavy atom. The molecule has 0 saturated heterocycles. The average Bonchev–Trinajstić information content (AvgIpc) is 2.96. The molecular weight excluding hydrogens is 294 g/mol. The van der Waals surface area contributed by atoms with E-state index in [1.807, 2.05) is 36.4 Å². The van der Waals surface area contributed by atoms with Crippen molar-refractivity contribution in [2.75, 3.05) is 19.7 Å². The molecule has 0 atom stereocenters. The van der Waals surface area contributed by atoms with E-state index in [1.165, 1.54) is 0 Å². The molecule has 1 amide bonds. The third kappa shape index (κ3) is 4.09. The van der Waals surface area contributed by atoms with Gasteiger partial charge in [-0.05, 0) is 32.4 Å². The third-order valence-corrected chi connectivity index (χ3v) is 3.59. The van der Waals surface area contributed by atoms with E-state index in [1.54, 1.807) is 18.0 Å². The van der Waals surface area contributed by atoms with Gasteiger partial charge in [0.05, 0.1) is 13.0 Å². The van der Waals surface area contributed by atoms with Crippen molar-refractivity contribution < 1.29 is 14.3 Å². The number of hydrogen-bond acceptors (Lipinski definition) is 4. The number of hydrogen-bond donors (Lipinski definition) is 0. The van der Waals surface area contributed by atoms with E-state index in [-0.39, 0.29) is 18.3 Å². The van der Waals surface area contributed by atoms with Gasteiger partial charge in [0.25, 0.3) is 5.91 Å². The molecule has 124 valence electrons. The SMILES string of the molecule is CCCN(CCC(=O)OCC)C(=O)c1cn2c(C)cccc2n1. The van der Waals surface area contributed by atoms with Crippen molar-refractivity contribution in [2.24, 2.45) is 0 Å². The second-order valence-corrected chi connectivity index (χ2v) is 5.37. The summed E-state index contributed by atoms with van der Waals surface area (Å²) in [5.41, 5.74) is 2.16. The number of imidazole rings is 1. The van der Waals surface area contributed by atoms with Crippen molar-refractivity contribution in [1.82, 2.24) is 14.3 Å². The maximum atomic E-state index is 12.7. The molecule has 0 aromatic carbocycles. The number of amides is 1. The molecule has 2 heterocycles. The van der Waals surface area contributed by atoms with Crippen molar-refractivity contribution in [2.45, 2.75) is 33.6 Å². The molecule has 0 fully saturated rings. The molecule has 0 aliphatic heterocycles. The molecule has 0 unspecified atom stereocenters. The Labute approximate surface area is 136 Å². The first-order valence-corrected chi connectivity index (χ1v) is 7.96. The molecule has 0 bridgehead atoms. The van der Waals surface area contributed by atoms with Crippen LogP contribution in [-0.4, -0.2) is 45.9 Å². The predicted octanol–water partition coefficient (Wildman–Crippen LogP) is 2.45. The number of fused-ring (bicyclic) bond motifs is 1. The van der Waals surface area contributed by atoms with E-state index >= 15 is 0 Å². The van der Waals surface area contributed by atoms with Crippen molar-refractivity contribution in [3.63, 3.8) is 0 Å². The van der Waals surface area contributed by atoms with Gasteiger partial charge >= 0.3 is 5.97 Å². The lowest BCUT2D eigenvalue weighted by Crippen LogP contribution is -2.34. The van der Waals surface area contributed by atoms with E-state index in [0.717, 1.165) is 17.8 Å². The van der Waals surface area contributed by atoms with Gasteiger partial charge < -0.3 is 14.0 Å². The summed E-state index contributed by atoms with van der Waals surface area (Å²) in [6.45, 7) is 7.02. The van der Waals surface area contributed by atoms with Gasteiger partial charge in [-0.1, -0.05) is 13.0 Å². The lowest BCUT2D eigenvalue weighted by Gasteiger charge is -2.20. The second-order valence-electron chi connectivity index (χ2n) is 5.37. The molecule has 0 aliphatic rings. The number of pyridine rings is 1. The van der Waals surface area contributed by atoms with Crippen molar-refractivity contribution in [3.05, 3.63) is 35.8 Å². The summed E-state index contributed by atoms with van der Waals surface area (Å²) < 4.78 is 6.81. The highest BCUT2D eigenvalue weighted by Crippen LogP contribution is 2.11. The van der Waals surface area contributed by atoms with Crippen LogP contribution in [0.5, 0.6) is 0 Å². The van der Waals surface area contributed by atoms with Crippen LogP contribution in [-0.2, 0) is 9.53 Å². The minimum atomic E-state index is -0.285. The van der Waals surface area contributed by atoms with Crippen molar-refractivity contribution in [3.8, 4) is 0 Å². The molecule has 2 aromatic rings. The number of nitrogens with zero attached hydrogens (tertiary/aromatic N) is 3. The standard InChI is InChI=1S/C17H23N3O3/c1-4-10-19(11-9-16(21)23-5-2)17(22)14-12-20-13(3)7-6-8-15(20)18-14/h6-8,12H,4-5,9-11H2,1-3H3. The first-order chi connectivity index (χ1) is 11.1. The van der Waals surface area contributed by atoms with E-state index in [4.69, 9.17) is 4.74 Å². The van der Waals surface area contributed by atoms with Crippen LogP contribution in [0.2, 0.25) is 0 Å². The van der Waals surface area contributed by atoms with E-state index < -0.39 is 0 Å². The van der Waals surface area contributed by atoms with E-state index in [0.29, 0.717) is 25.4 Å². The number of aryl methyl sites for hydroxylation is 1. The highest BCUT2D eigenvalue weighted by Gasteiger charge is 2.19. The summed E-state index contributed by atoms with van der Waals surface area (Å²) in [5, 5.41) is 0. The molecule has 2 aromatic heterocycles. The maximum absolute atomic E-state index is 12.7. The van der Waals surface area contributed by atoms with Gasteiger partial charge in [-0.25, -0.2) is 4.98 Å². The Morgan fingerprint density at radius 2 is 2.04 bits per heavy atom. The highest BCUT2D eigenvalue weighted by molar-refractivity contribution is 5.93. The molecule has 0 aliphatic carbocycles. The van der Waals surface area contributed by atoms with Gasteiger partial charge in [0, 0.05) is 25.0 Å². The lowest BCUT2D eigenvalue weighted by molar-refractivity contribution is -0.143. The third-order valence-electron chi connectivity index (χ3n) is 3.59. The minimum Gasteiger partial charge on any atom is -0.466 e. The van der Waals surface area contributed by atoms with Crippen molar-refractivity contribution >= 4 is 17.5 Å². The number of esters is 1. The molecule has 2 rings (SSSR count). The number of carbonyl (C=O) groups excluding carboxylic acids is 2. The fourth-order valence-electron chi connectivity index (χ4n) is 2.46. The van der Waals surface area contributed by atoms with E-state index in [9.17, 15) is 9.59 Å². The monoisotopic (exact) mass is 317 g/mol. The minimum absolute atomic E-state index is 0.153. The fraction of sp³-hybridized carbons (Fsp3) is 0.471. The first-order valence-electron chi connectivity index (χ1n) is 7.96. The number of carbonyl (C=O) groups is 2. The molecular formula is C17H23N3O3. The Bertz CT molecular complexity index is 693. The van der Waals surface area contributed by atoms with Crippen LogP contribution in [0.15, 0.2) is 24.4 Å². The Morgan fingerprint density at radius 1 is 1.26 bits per heavy atom. The zero-order chi connectivity index (χ0) is 16.8. The topological polar surface area (TPSA) is 63.9 Å². The van der Waals surface area contributed by atoms with Crippen molar-refractivity contribution in [1.29, 1.82) is 0 Å². The summed E-state index contributed by atoms with van der Waals surface area (Å²) >= 11 is 0. The van der Waals surface area contributed by atoms with Crippen LogP contribution in [0.4, 0.5) is 0 Å². The molecule has 6 heteroatoms. The summed E-state index contributed by atoms with van der Waals surface area (Å²) in [7, 11) is 0. The zero-order valence-corrected chi connectivity index (χ0v) is 13.9. The second kappa shape index (κ2) is 7.76. The Balaban J connectivity index is 2.15. The van der Waals surface area contributed by atoms with Crippen LogP contribution in [0.1, 0.15) is 42.9 Å². The van der Waals surface area contributed by atoms with Gasteiger partial charge in [0.15, 0.2) is 0 Å². The quantitative estimate of drug-likeness (QED) is 0.736. The number of rotatable bonds is 7. The lowest BCUT2D eigenvalue weighted by atomic mass is 10.3. The van der Waals surface area contributed by atoms with Gasteiger partial charge in [-0.3, -0.25) is 9.59 Å². The first kappa shape index (κ1) is 17.0. The maximum Gasteiger partial charge on any atom is 0.307 e. The van der Waals surface area contributed by atoms with Gasteiger partial charge in [0.2, 0.25) is 0 Å². The fourth-order valence-corrected chi connectivity index (χ4v) is 2.46. The normalized spacial score (nSPS) is 10.7. The van der Waals surface area contributed by atoms with Gasteiger partial charge in [0.1, 0.15) is 11.3 Å². The van der Waals surface area contributed by atoms with Crippen LogP contribution in [0, 0.1) is 6.92 Å². The van der Waals surface area contributed by atoms with Crippen LogP contribution in [0.3, 0.4) is 0 Å². The number of ether oxygens (including phenoxy) is 1. The van der Waals surface area contributed by atoms with Crippen LogP contribution < -0.4 is 0 Å². The predicted molar refractivity (Wildman–Crippen MR) is 87.4 cm³/mol. The summed E-state index contributed by atoms with van der Waals surface area (Å²) in [6, 6.07) is 5.75. The largest absolute Gasteiger partial charge is 0.466 e. The summed E-state index contributed by atoms with van der Waals surface area (Å²) in [5.74, 6) is -0.438. The van der Waals surface area contributed by atoms with Crippen LogP contribution in [0.25, 0.3) is 5.65 Å².